The first-order chi connectivity index (χ1) is 14.2. The van der Waals surface area contributed by atoms with Gasteiger partial charge in [-0.05, 0) is 23.3 Å². The third-order valence-electron chi connectivity index (χ3n) is 4.00. The number of halogens is 13. The van der Waals surface area contributed by atoms with Gasteiger partial charge in [0, 0.05) is 6.42 Å². The fourth-order valence-corrected chi connectivity index (χ4v) is 2.19. The van der Waals surface area contributed by atoms with Crippen LogP contribution in [0.3, 0.4) is 0 Å². The van der Waals surface area contributed by atoms with Crippen LogP contribution in [0.2, 0.25) is 0 Å². The summed E-state index contributed by atoms with van der Waals surface area (Å²) in [5.74, 6) is -31.0. The van der Waals surface area contributed by atoms with Gasteiger partial charge in [-0.25, -0.2) is 8.78 Å². The van der Waals surface area contributed by atoms with Gasteiger partial charge in [0.1, 0.15) is 6.61 Å². The summed E-state index contributed by atoms with van der Waals surface area (Å²) in [5.41, 5.74) is -0.607. The van der Waals surface area contributed by atoms with Gasteiger partial charge in [-0.2, -0.15) is 48.3 Å². The van der Waals surface area contributed by atoms with E-state index in [1.165, 1.54) is 0 Å². The van der Waals surface area contributed by atoms with Crippen molar-refractivity contribution in [3.8, 4) is 0 Å². The molecule has 0 heterocycles. The van der Waals surface area contributed by atoms with Crippen LogP contribution in [0.1, 0.15) is 18.1 Å². The van der Waals surface area contributed by atoms with E-state index in [9.17, 15) is 62.2 Å². The quantitative estimate of drug-likeness (QED) is 0.315. The number of hydrogen-bond donors (Lipinski definition) is 1. The second-order valence-corrected chi connectivity index (χ2v) is 6.56. The lowest BCUT2D eigenvalue weighted by atomic mass is 9.98. The van der Waals surface area contributed by atoms with Crippen LogP contribution < -0.4 is 0 Å². The molecule has 0 bridgehead atoms. The molecule has 1 atom stereocenters. The molecule has 1 aromatic carbocycles. The van der Waals surface area contributed by atoms with Gasteiger partial charge in [-0.15, -0.1) is 0 Å². The van der Waals surface area contributed by atoms with Crippen molar-refractivity contribution < 1.29 is 66.9 Å². The molecule has 184 valence electrons. The highest BCUT2D eigenvalue weighted by Crippen LogP contribution is 2.57. The van der Waals surface area contributed by atoms with E-state index < -0.39 is 67.2 Å². The second-order valence-electron chi connectivity index (χ2n) is 6.56. The fourth-order valence-electron chi connectivity index (χ4n) is 2.19. The molecule has 0 saturated carbocycles. The highest BCUT2D eigenvalue weighted by atomic mass is 19.4. The van der Waals surface area contributed by atoms with Crippen molar-refractivity contribution in [2.45, 2.75) is 42.4 Å². The Balaban J connectivity index is 2.81. The lowest BCUT2D eigenvalue weighted by Gasteiger charge is -2.37. The average Bonchev–Trinajstić information content (AvgIpc) is 2.62. The van der Waals surface area contributed by atoms with Gasteiger partial charge in [-0.1, -0.05) is 12.6 Å². The highest BCUT2D eigenvalue weighted by Gasteiger charge is 2.87. The molecular formula is C17H13F13O2. The Kier molecular flexibility index (Phi) is 7.94. The smallest absolute Gasteiger partial charge is 0.388 e. The van der Waals surface area contributed by atoms with E-state index in [0.29, 0.717) is 12.1 Å². The van der Waals surface area contributed by atoms with E-state index in [-0.39, 0.29) is 11.1 Å². The maximum absolute atomic E-state index is 13.5. The SMILES string of the molecule is C=C(COCC(F)(F)C(F)(F)C(F)(F)C(F)(F)C(F)(F)F)CC(O)c1ccc(F)c(F)c1. The Hall–Kier alpha value is -2.03. The van der Waals surface area contributed by atoms with Crippen LogP contribution in [0.4, 0.5) is 57.1 Å². The van der Waals surface area contributed by atoms with Crippen LogP contribution in [-0.4, -0.2) is 48.2 Å². The summed E-state index contributed by atoms with van der Waals surface area (Å²) in [6, 6.07) is 2.12. The molecule has 0 radical (unpaired) electrons. The Morgan fingerprint density at radius 1 is 0.844 bits per heavy atom. The lowest BCUT2D eigenvalue weighted by molar-refractivity contribution is -0.424. The van der Waals surface area contributed by atoms with Crippen molar-refractivity contribution >= 4 is 0 Å². The molecule has 15 heteroatoms. The monoisotopic (exact) mass is 496 g/mol. The zero-order valence-electron chi connectivity index (χ0n) is 15.4. The maximum Gasteiger partial charge on any atom is 0.460 e. The van der Waals surface area contributed by atoms with Crippen LogP contribution in [0.5, 0.6) is 0 Å². The normalized spacial score (nSPS) is 15.1. The van der Waals surface area contributed by atoms with Gasteiger partial charge in [0.25, 0.3) is 0 Å². The van der Waals surface area contributed by atoms with E-state index in [1.807, 2.05) is 0 Å². The van der Waals surface area contributed by atoms with Crippen molar-refractivity contribution in [1.82, 2.24) is 0 Å². The summed E-state index contributed by atoms with van der Waals surface area (Å²) in [4.78, 5) is 0. The summed E-state index contributed by atoms with van der Waals surface area (Å²) >= 11 is 0. The predicted molar refractivity (Wildman–Crippen MR) is 81.7 cm³/mol. The van der Waals surface area contributed by atoms with Gasteiger partial charge in [0.15, 0.2) is 11.6 Å². The van der Waals surface area contributed by atoms with Gasteiger partial charge < -0.3 is 9.84 Å². The van der Waals surface area contributed by atoms with Crippen molar-refractivity contribution in [2.24, 2.45) is 0 Å². The molecular weight excluding hydrogens is 483 g/mol. The van der Waals surface area contributed by atoms with Crippen LogP contribution in [0.25, 0.3) is 0 Å². The summed E-state index contributed by atoms with van der Waals surface area (Å²) < 4.78 is 171. The molecule has 0 aromatic heterocycles. The van der Waals surface area contributed by atoms with E-state index in [1.54, 1.807) is 0 Å². The molecule has 32 heavy (non-hydrogen) atoms. The van der Waals surface area contributed by atoms with E-state index in [0.717, 1.165) is 6.07 Å². The first-order valence-electron chi connectivity index (χ1n) is 8.14. The number of alkyl halides is 11. The first kappa shape index (κ1) is 28.0. The minimum absolute atomic E-state index is 0.226. The Morgan fingerprint density at radius 3 is 1.84 bits per heavy atom. The van der Waals surface area contributed by atoms with Gasteiger partial charge >= 0.3 is 29.9 Å². The molecule has 0 spiro atoms. The number of hydrogen-bond acceptors (Lipinski definition) is 2. The number of aliphatic hydroxyl groups is 1. The lowest BCUT2D eigenvalue weighted by Crippen LogP contribution is -2.67. The Morgan fingerprint density at radius 2 is 1.38 bits per heavy atom. The average molecular weight is 496 g/mol. The summed E-state index contributed by atoms with van der Waals surface area (Å²) in [6.07, 6.45) is -9.51. The summed E-state index contributed by atoms with van der Waals surface area (Å²) in [7, 11) is 0. The van der Waals surface area contributed by atoms with E-state index in [2.05, 4.69) is 11.3 Å². The number of ether oxygens (including phenoxy) is 1. The standard InChI is InChI=1S/C17H13F13O2/c1-8(4-12(31)9-2-3-10(18)11(19)5-9)6-32-7-13(20,21)14(22,23)15(24,25)16(26,27)17(28,29)30/h2-3,5,12,31H,1,4,6-7H2. The van der Waals surface area contributed by atoms with Crippen molar-refractivity contribution in [3.63, 3.8) is 0 Å². The van der Waals surface area contributed by atoms with Crippen LogP contribution >= 0.6 is 0 Å². The van der Waals surface area contributed by atoms with Crippen molar-refractivity contribution in [2.75, 3.05) is 13.2 Å². The van der Waals surface area contributed by atoms with Crippen LogP contribution in [0, 0.1) is 11.6 Å². The topological polar surface area (TPSA) is 29.5 Å². The van der Waals surface area contributed by atoms with Gasteiger partial charge in [0.2, 0.25) is 0 Å². The largest absolute Gasteiger partial charge is 0.460 e. The molecule has 0 amide bonds. The Bertz CT molecular complexity index is 817. The third-order valence-corrected chi connectivity index (χ3v) is 4.00. The molecule has 0 aliphatic heterocycles. The number of benzene rings is 1. The van der Waals surface area contributed by atoms with E-state index >= 15 is 0 Å². The highest BCUT2D eigenvalue weighted by molar-refractivity contribution is 5.21. The molecule has 0 saturated heterocycles. The van der Waals surface area contributed by atoms with Crippen LogP contribution in [-0.2, 0) is 4.74 Å². The first-order valence-corrected chi connectivity index (χ1v) is 8.14. The molecule has 0 fully saturated rings. The molecule has 2 nitrogen and oxygen atoms in total. The van der Waals surface area contributed by atoms with Crippen molar-refractivity contribution in [3.05, 3.63) is 47.5 Å². The molecule has 0 aliphatic carbocycles. The van der Waals surface area contributed by atoms with Gasteiger partial charge in [-0.3, -0.25) is 0 Å². The van der Waals surface area contributed by atoms with Crippen LogP contribution in [0.15, 0.2) is 30.4 Å². The molecule has 1 unspecified atom stereocenters. The zero-order chi connectivity index (χ0) is 25.3. The third kappa shape index (κ3) is 5.30. The number of aliphatic hydroxyl groups excluding tert-OH is 1. The second kappa shape index (κ2) is 9.08. The maximum atomic E-state index is 13.5. The molecule has 1 aromatic rings. The molecule has 1 rings (SSSR count). The van der Waals surface area contributed by atoms with E-state index in [4.69, 9.17) is 0 Å². The number of rotatable bonds is 10. The molecule has 0 aliphatic rings. The Labute approximate surface area is 171 Å². The summed E-state index contributed by atoms with van der Waals surface area (Å²) in [5, 5.41) is 9.80. The van der Waals surface area contributed by atoms with Gasteiger partial charge in [0.05, 0.1) is 12.7 Å². The molecule has 1 N–H and O–H groups in total. The zero-order valence-corrected chi connectivity index (χ0v) is 15.4. The predicted octanol–water partition coefficient (Wildman–Crippen LogP) is 6.06. The fraction of sp³-hybridized carbons (Fsp3) is 0.529. The minimum Gasteiger partial charge on any atom is -0.388 e. The summed E-state index contributed by atoms with van der Waals surface area (Å²) in [6.45, 7) is -0.717. The van der Waals surface area contributed by atoms with Crippen molar-refractivity contribution in [1.29, 1.82) is 0 Å². The minimum atomic E-state index is -7.54.